The van der Waals surface area contributed by atoms with E-state index < -0.39 is 29.0 Å². The fourth-order valence-corrected chi connectivity index (χ4v) is 1.47. The van der Waals surface area contributed by atoms with Crippen molar-refractivity contribution in [2.45, 2.75) is 33.0 Å². The van der Waals surface area contributed by atoms with E-state index in [2.05, 4.69) is 5.32 Å². The van der Waals surface area contributed by atoms with Crippen LogP contribution in [0.1, 0.15) is 26.3 Å². The molecule has 1 atom stereocenters. The Labute approximate surface area is 108 Å². The Bertz CT molecular complexity index is 463. The van der Waals surface area contributed by atoms with Crippen LogP contribution in [0, 0.1) is 11.2 Å². The van der Waals surface area contributed by atoms with E-state index in [1.807, 2.05) is 0 Å². The third-order valence-electron chi connectivity index (χ3n) is 2.62. The first-order chi connectivity index (χ1) is 8.54. The molecule has 0 saturated carbocycles. The van der Waals surface area contributed by atoms with E-state index in [0.29, 0.717) is 12.4 Å². The molecule has 1 N–H and O–H groups in total. The van der Waals surface area contributed by atoms with E-state index in [-0.39, 0.29) is 5.69 Å². The molecule has 1 aromatic carbocycles. The minimum Gasteiger partial charge on any atom is -0.375 e. The van der Waals surface area contributed by atoms with Gasteiger partial charge in [-0.15, -0.1) is 0 Å². The summed E-state index contributed by atoms with van der Waals surface area (Å²) in [6.07, 6.45) is -4.03. The number of carbonyl (C=O) groups excluding carboxylic acids is 1. The van der Waals surface area contributed by atoms with Crippen molar-refractivity contribution in [1.82, 2.24) is 0 Å². The summed E-state index contributed by atoms with van der Waals surface area (Å²) in [6, 6.07) is 1.41. The van der Waals surface area contributed by atoms with Crippen LogP contribution >= 0.6 is 0 Å². The second-order valence-corrected chi connectivity index (χ2v) is 5.35. The van der Waals surface area contributed by atoms with Crippen LogP contribution in [0.25, 0.3) is 0 Å². The van der Waals surface area contributed by atoms with Gasteiger partial charge < -0.3 is 10.1 Å². The summed E-state index contributed by atoms with van der Waals surface area (Å²) >= 11 is 0. The zero-order valence-electron chi connectivity index (χ0n) is 10.8. The molecule has 0 aliphatic carbocycles. The van der Waals surface area contributed by atoms with Crippen molar-refractivity contribution in [2.24, 2.45) is 5.41 Å². The molecule has 106 valence electrons. The van der Waals surface area contributed by atoms with Gasteiger partial charge in [-0.25, -0.2) is 4.39 Å². The quantitative estimate of drug-likeness (QED) is 0.671. The molecule has 1 rings (SSSR count). The van der Waals surface area contributed by atoms with Gasteiger partial charge in [-0.05, 0) is 23.6 Å². The lowest BCUT2D eigenvalue weighted by molar-refractivity contribution is -0.137. The summed E-state index contributed by atoms with van der Waals surface area (Å²) < 4.78 is 50.8. The topological polar surface area (TPSA) is 29.1 Å². The first kappa shape index (κ1) is 15.5. The Kier molecular flexibility index (Phi) is 4.22. The molecule has 0 saturated heterocycles. The normalized spacial score (nSPS) is 14.1. The lowest BCUT2D eigenvalue weighted by Gasteiger charge is -2.27. The van der Waals surface area contributed by atoms with Gasteiger partial charge in [-0.2, -0.15) is 13.2 Å². The van der Waals surface area contributed by atoms with Crippen molar-refractivity contribution < 1.29 is 22.4 Å². The molecule has 0 spiro atoms. The smallest absolute Gasteiger partial charge is 0.375 e. The molecule has 0 heterocycles. The number of anilines is 1. The number of benzene rings is 1. The SMILES string of the molecule is CC(C)(C)[C@@H](C=O)Nc1cc(F)cc(C(F)(F)F)c1. The monoisotopic (exact) mass is 277 g/mol. The highest BCUT2D eigenvalue weighted by molar-refractivity contribution is 5.66. The maximum Gasteiger partial charge on any atom is 0.416 e. The van der Waals surface area contributed by atoms with Crippen molar-refractivity contribution in [1.29, 1.82) is 0 Å². The minimum absolute atomic E-state index is 0.0700. The Morgan fingerprint density at radius 1 is 1.16 bits per heavy atom. The Hall–Kier alpha value is -1.59. The third kappa shape index (κ3) is 4.22. The highest BCUT2D eigenvalue weighted by Crippen LogP contribution is 2.32. The van der Waals surface area contributed by atoms with Crippen LogP contribution in [-0.2, 0) is 11.0 Å². The van der Waals surface area contributed by atoms with Gasteiger partial charge >= 0.3 is 6.18 Å². The van der Waals surface area contributed by atoms with Crippen LogP contribution in [0.5, 0.6) is 0 Å². The predicted molar refractivity (Wildman–Crippen MR) is 64.3 cm³/mol. The molecule has 0 fully saturated rings. The highest BCUT2D eigenvalue weighted by atomic mass is 19.4. The molecule has 1 aromatic rings. The zero-order valence-corrected chi connectivity index (χ0v) is 10.8. The zero-order chi connectivity index (χ0) is 14.8. The molecule has 0 unspecified atom stereocenters. The second kappa shape index (κ2) is 5.19. The lowest BCUT2D eigenvalue weighted by Crippen LogP contribution is -2.35. The number of nitrogens with one attached hydrogen (secondary N) is 1. The summed E-state index contributed by atoms with van der Waals surface area (Å²) in [6.45, 7) is 5.26. The number of alkyl halides is 3. The standard InChI is InChI=1S/C13H15F4NO/c1-12(2,3)11(7-19)18-10-5-8(13(15,16)17)4-9(14)6-10/h4-7,11,18H,1-3H3/t11-/m1/s1. The van der Waals surface area contributed by atoms with Gasteiger partial charge in [0.1, 0.15) is 12.1 Å². The number of rotatable bonds is 3. The average molecular weight is 277 g/mol. The Balaban J connectivity index is 3.08. The van der Waals surface area contributed by atoms with E-state index in [9.17, 15) is 22.4 Å². The molecular weight excluding hydrogens is 262 g/mol. The molecule has 2 nitrogen and oxygen atoms in total. The van der Waals surface area contributed by atoms with E-state index >= 15 is 0 Å². The van der Waals surface area contributed by atoms with Gasteiger partial charge in [-0.3, -0.25) is 0 Å². The van der Waals surface area contributed by atoms with Gasteiger partial charge in [0, 0.05) is 5.69 Å². The molecule has 0 amide bonds. The summed E-state index contributed by atoms with van der Waals surface area (Å²) in [7, 11) is 0. The van der Waals surface area contributed by atoms with Gasteiger partial charge in [0.15, 0.2) is 0 Å². The van der Waals surface area contributed by atoms with Crippen molar-refractivity contribution in [3.8, 4) is 0 Å². The molecule has 19 heavy (non-hydrogen) atoms. The maximum absolute atomic E-state index is 13.2. The van der Waals surface area contributed by atoms with Crippen molar-refractivity contribution >= 4 is 12.0 Å². The third-order valence-corrected chi connectivity index (χ3v) is 2.62. The van der Waals surface area contributed by atoms with Crippen molar-refractivity contribution in [3.63, 3.8) is 0 Å². The maximum atomic E-state index is 13.2. The molecule has 6 heteroatoms. The van der Waals surface area contributed by atoms with Crippen LogP contribution in [0.4, 0.5) is 23.2 Å². The van der Waals surface area contributed by atoms with Crippen LogP contribution in [0.15, 0.2) is 18.2 Å². The minimum atomic E-state index is -4.63. The van der Waals surface area contributed by atoms with Crippen LogP contribution < -0.4 is 5.32 Å². The molecule has 0 bridgehead atoms. The number of aldehydes is 1. The number of hydrogen-bond acceptors (Lipinski definition) is 2. The van der Waals surface area contributed by atoms with Crippen molar-refractivity contribution in [3.05, 3.63) is 29.6 Å². The summed E-state index contributed by atoms with van der Waals surface area (Å²) in [5, 5.41) is 2.61. The molecule has 0 aliphatic heterocycles. The number of carbonyl (C=O) groups is 1. The van der Waals surface area contributed by atoms with E-state index in [4.69, 9.17) is 0 Å². The number of hydrogen-bond donors (Lipinski definition) is 1. The van der Waals surface area contributed by atoms with E-state index in [1.54, 1.807) is 20.8 Å². The summed E-state index contributed by atoms with van der Waals surface area (Å²) in [5.41, 5.74) is -1.65. The Morgan fingerprint density at radius 3 is 2.16 bits per heavy atom. The van der Waals surface area contributed by atoms with Gasteiger partial charge in [-0.1, -0.05) is 20.8 Å². The predicted octanol–water partition coefficient (Wildman–Crippen LogP) is 3.87. The Morgan fingerprint density at radius 2 is 1.74 bits per heavy atom. The first-order valence-corrected chi connectivity index (χ1v) is 5.63. The average Bonchev–Trinajstić information content (AvgIpc) is 2.22. The van der Waals surface area contributed by atoms with E-state index in [0.717, 1.165) is 12.1 Å². The van der Waals surface area contributed by atoms with Gasteiger partial charge in [0.25, 0.3) is 0 Å². The lowest BCUT2D eigenvalue weighted by atomic mass is 9.87. The number of halogens is 4. The molecule has 0 radical (unpaired) electrons. The molecule has 0 aliphatic rings. The fourth-order valence-electron chi connectivity index (χ4n) is 1.47. The van der Waals surface area contributed by atoms with Gasteiger partial charge in [0.05, 0.1) is 11.6 Å². The van der Waals surface area contributed by atoms with Crippen LogP contribution in [0.2, 0.25) is 0 Å². The largest absolute Gasteiger partial charge is 0.416 e. The highest BCUT2D eigenvalue weighted by Gasteiger charge is 2.32. The second-order valence-electron chi connectivity index (χ2n) is 5.35. The molecule has 0 aromatic heterocycles. The van der Waals surface area contributed by atoms with Crippen molar-refractivity contribution in [2.75, 3.05) is 5.32 Å². The fraction of sp³-hybridized carbons (Fsp3) is 0.462. The van der Waals surface area contributed by atoms with E-state index in [1.165, 1.54) is 0 Å². The summed E-state index contributed by atoms with van der Waals surface area (Å²) in [5.74, 6) is -1.00. The van der Waals surface area contributed by atoms with Gasteiger partial charge in [0.2, 0.25) is 0 Å². The van der Waals surface area contributed by atoms with Crippen LogP contribution in [-0.4, -0.2) is 12.3 Å². The van der Waals surface area contributed by atoms with Crippen LogP contribution in [0.3, 0.4) is 0 Å². The summed E-state index contributed by atoms with van der Waals surface area (Å²) in [4.78, 5) is 10.9. The molecular formula is C13H15F4NO. The first-order valence-electron chi connectivity index (χ1n) is 5.63.